The maximum absolute atomic E-state index is 6.18. The number of ether oxygens (including phenoxy) is 1. The largest absolute Gasteiger partial charge is 0.489 e. The van der Waals surface area contributed by atoms with Gasteiger partial charge in [-0.25, -0.2) is 0 Å². The van der Waals surface area contributed by atoms with Crippen LogP contribution in [0.15, 0.2) is 12.1 Å². The Bertz CT molecular complexity index is 501. The van der Waals surface area contributed by atoms with Crippen molar-refractivity contribution in [1.82, 2.24) is 5.32 Å². The van der Waals surface area contributed by atoms with E-state index in [0.29, 0.717) is 20.8 Å². The second kappa shape index (κ2) is 6.72. The molecule has 1 N–H and O–H groups in total. The molecule has 0 aliphatic carbocycles. The van der Waals surface area contributed by atoms with Crippen molar-refractivity contribution in [2.45, 2.75) is 57.7 Å². The Balaban J connectivity index is 0.00000220. The minimum atomic E-state index is 0. The lowest BCUT2D eigenvalue weighted by molar-refractivity contribution is 0.0560. The monoisotopic (exact) mass is 371 g/mol. The number of piperidine rings is 1. The van der Waals surface area contributed by atoms with E-state index in [4.69, 9.17) is 39.5 Å². The Hall–Kier alpha value is 0.140. The maximum atomic E-state index is 6.18. The predicted molar refractivity (Wildman–Crippen MR) is 93.7 cm³/mol. The molecule has 0 saturated carbocycles. The van der Waals surface area contributed by atoms with Gasteiger partial charge in [0.15, 0.2) is 0 Å². The van der Waals surface area contributed by atoms with E-state index in [9.17, 15) is 0 Å². The van der Waals surface area contributed by atoms with E-state index in [0.717, 1.165) is 12.8 Å². The van der Waals surface area contributed by atoms with Gasteiger partial charge in [0.2, 0.25) is 0 Å². The summed E-state index contributed by atoms with van der Waals surface area (Å²) in [6.45, 7) is 8.73. The lowest BCUT2D eigenvalue weighted by atomic mass is 9.81. The van der Waals surface area contributed by atoms with E-state index < -0.39 is 0 Å². The number of nitrogens with one attached hydrogen (secondary N) is 1. The summed E-state index contributed by atoms with van der Waals surface area (Å²) in [4.78, 5) is 0. The molecule has 1 aliphatic rings. The molecule has 0 aromatic heterocycles. The van der Waals surface area contributed by atoms with Crippen molar-refractivity contribution in [1.29, 1.82) is 0 Å². The number of rotatable bonds is 2. The molecule has 0 spiro atoms. The van der Waals surface area contributed by atoms with Crippen LogP contribution in [0.3, 0.4) is 0 Å². The fraction of sp³-hybridized carbons (Fsp3) is 0.600. The Labute approximate surface area is 147 Å². The first-order valence-electron chi connectivity index (χ1n) is 6.69. The molecule has 0 amide bonds. The van der Waals surface area contributed by atoms with Crippen LogP contribution >= 0.6 is 47.2 Å². The molecule has 1 aromatic carbocycles. The van der Waals surface area contributed by atoms with E-state index in [1.165, 1.54) is 0 Å². The molecular formula is C15H21Cl4NO. The highest BCUT2D eigenvalue weighted by Gasteiger charge is 2.38. The molecule has 1 aliphatic heterocycles. The first-order chi connectivity index (χ1) is 9.08. The molecule has 120 valence electrons. The first-order valence-corrected chi connectivity index (χ1v) is 7.82. The molecule has 0 atom stereocenters. The predicted octanol–water partition coefficient (Wildman–Crippen LogP) is 5.76. The Kier molecular flexibility index (Phi) is 6.14. The van der Waals surface area contributed by atoms with Gasteiger partial charge in [0, 0.05) is 30.0 Å². The maximum Gasteiger partial charge on any atom is 0.139 e. The summed E-state index contributed by atoms with van der Waals surface area (Å²) < 4.78 is 6.08. The van der Waals surface area contributed by atoms with Gasteiger partial charge in [-0.15, -0.1) is 12.4 Å². The molecule has 0 bridgehead atoms. The van der Waals surface area contributed by atoms with Gasteiger partial charge in [-0.3, -0.25) is 0 Å². The minimum Gasteiger partial charge on any atom is -0.489 e. The second-order valence-corrected chi connectivity index (χ2v) is 7.96. The van der Waals surface area contributed by atoms with Crippen LogP contribution in [0, 0.1) is 0 Å². The second-order valence-electron chi connectivity index (χ2n) is 6.74. The summed E-state index contributed by atoms with van der Waals surface area (Å²) in [7, 11) is 0. The number of hydrogen-bond donors (Lipinski definition) is 1. The summed E-state index contributed by atoms with van der Waals surface area (Å²) in [5, 5.41) is 5.01. The zero-order chi connectivity index (χ0) is 15.1. The molecule has 1 fully saturated rings. The SMILES string of the molecule is CC1(C)CC(Oc2cc(Cl)c(Cl)cc2Cl)CC(C)(C)N1.Cl. The molecule has 1 aromatic rings. The van der Waals surface area contributed by atoms with E-state index in [-0.39, 0.29) is 29.6 Å². The van der Waals surface area contributed by atoms with Gasteiger partial charge in [-0.05, 0) is 33.8 Å². The topological polar surface area (TPSA) is 21.3 Å². The summed E-state index contributed by atoms with van der Waals surface area (Å²) >= 11 is 18.1. The van der Waals surface area contributed by atoms with Crippen LogP contribution in [0.4, 0.5) is 0 Å². The van der Waals surface area contributed by atoms with Crippen molar-refractivity contribution in [2.24, 2.45) is 0 Å². The van der Waals surface area contributed by atoms with E-state index in [1.807, 2.05) is 0 Å². The lowest BCUT2D eigenvalue weighted by Crippen LogP contribution is -2.60. The molecule has 2 rings (SSSR count). The van der Waals surface area contributed by atoms with Gasteiger partial charge in [-0.1, -0.05) is 34.8 Å². The van der Waals surface area contributed by atoms with Crippen LogP contribution < -0.4 is 10.1 Å². The summed E-state index contributed by atoms with van der Waals surface area (Å²) in [5.74, 6) is 0.597. The summed E-state index contributed by atoms with van der Waals surface area (Å²) in [6.07, 6.45) is 1.91. The third kappa shape index (κ3) is 5.07. The van der Waals surface area contributed by atoms with Crippen LogP contribution in [0.5, 0.6) is 5.75 Å². The van der Waals surface area contributed by atoms with Crippen LogP contribution in [0.25, 0.3) is 0 Å². The third-order valence-corrected chi connectivity index (χ3v) is 4.44. The van der Waals surface area contributed by atoms with Gasteiger partial charge in [0.1, 0.15) is 11.9 Å². The molecule has 0 unspecified atom stereocenters. The van der Waals surface area contributed by atoms with Gasteiger partial charge < -0.3 is 10.1 Å². The van der Waals surface area contributed by atoms with Crippen molar-refractivity contribution >= 4 is 47.2 Å². The fourth-order valence-corrected chi connectivity index (χ4v) is 3.67. The lowest BCUT2D eigenvalue weighted by Gasteiger charge is -2.46. The van der Waals surface area contributed by atoms with Crippen molar-refractivity contribution in [3.05, 3.63) is 27.2 Å². The first kappa shape index (κ1) is 19.2. The zero-order valence-electron chi connectivity index (χ0n) is 12.6. The van der Waals surface area contributed by atoms with Crippen molar-refractivity contribution < 1.29 is 4.74 Å². The van der Waals surface area contributed by atoms with Crippen molar-refractivity contribution in [3.63, 3.8) is 0 Å². The smallest absolute Gasteiger partial charge is 0.139 e. The molecule has 2 nitrogen and oxygen atoms in total. The Morgan fingerprint density at radius 3 is 1.95 bits per heavy atom. The van der Waals surface area contributed by atoms with Gasteiger partial charge in [0.05, 0.1) is 15.1 Å². The van der Waals surface area contributed by atoms with Gasteiger partial charge in [-0.2, -0.15) is 0 Å². The molecule has 1 saturated heterocycles. The molecular weight excluding hydrogens is 352 g/mol. The van der Waals surface area contributed by atoms with Crippen molar-refractivity contribution in [3.8, 4) is 5.75 Å². The highest BCUT2D eigenvalue weighted by atomic mass is 35.5. The molecule has 1 heterocycles. The third-order valence-electron chi connectivity index (χ3n) is 3.42. The number of benzene rings is 1. The highest BCUT2D eigenvalue weighted by molar-refractivity contribution is 6.43. The quantitative estimate of drug-likeness (QED) is 0.666. The average molecular weight is 373 g/mol. The van der Waals surface area contributed by atoms with Crippen molar-refractivity contribution in [2.75, 3.05) is 0 Å². The van der Waals surface area contributed by atoms with Crippen LogP contribution in [-0.4, -0.2) is 17.2 Å². The van der Waals surface area contributed by atoms with E-state index in [1.54, 1.807) is 12.1 Å². The average Bonchev–Trinajstić information content (AvgIpc) is 2.21. The van der Waals surface area contributed by atoms with E-state index in [2.05, 4.69) is 33.0 Å². The molecule has 6 heteroatoms. The minimum absolute atomic E-state index is 0. The fourth-order valence-electron chi connectivity index (χ4n) is 3.09. The highest BCUT2D eigenvalue weighted by Crippen LogP contribution is 2.37. The summed E-state index contributed by atoms with van der Waals surface area (Å²) in [6, 6.07) is 3.31. The normalized spacial score (nSPS) is 20.7. The zero-order valence-corrected chi connectivity index (χ0v) is 15.7. The summed E-state index contributed by atoms with van der Waals surface area (Å²) in [5.41, 5.74) is 0.0459. The van der Waals surface area contributed by atoms with Gasteiger partial charge >= 0.3 is 0 Å². The van der Waals surface area contributed by atoms with E-state index >= 15 is 0 Å². The molecule has 21 heavy (non-hydrogen) atoms. The van der Waals surface area contributed by atoms with Gasteiger partial charge in [0.25, 0.3) is 0 Å². The number of halogens is 4. The Morgan fingerprint density at radius 2 is 1.43 bits per heavy atom. The van der Waals surface area contributed by atoms with Crippen LogP contribution in [0.2, 0.25) is 15.1 Å². The number of hydrogen-bond acceptors (Lipinski definition) is 2. The molecule has 0 radical (unpaired) electrons. The standard InChI is InChI=1S/C15H20Cl3NO.ClH/c1-14(2)7-9(8-15(3,4)19-14)20-13-6-11(17)10(16)5-12(13)18;/h5-6,9,19H,7-8H2,1-4H3;1H. The van der Waals surface area contributed by atoms with Crippen LogP contribution in [0.1, 0.15) is 40.5 Å². The Morgan fingerprint density at radius 1 is 0.952 bits per heavy atom. The van der Waals surface area contributed by atoms with Crippen LogP contribution in [-0.2, 0) is 0 Å².